The summed E-state index contributed by atoms with van der Waals surface area (Å²) >= 11 is 3.65. The molecule has 0 fully saturated rings. The molecule has 3 aromatic rings. The molecule has 0 unspecified atom stereocenters. The Hall–Kier alpha value is -2.81. The zero-order valence-corrected chi connectivity index (χ0v) is 18.5. The van der Waals surface area contributed by atoms with E-state index in [1.165, 1.54) is 5.69 Å². The highest BCUT2D eigenvalue weighted by atomic mass is 79.9. The highest BCUT2D eigenvalue weighted by Crippen LogP contribution is 2.31. The van der Waals surface area contributed by atoms with Crippen molar-refractivity contribution in [2.45, 2.75) is 32.5 Å². The molecule has 0 aliphatic carbocycles. The molecule has 31 heavy (non-hydrogen) atoms. The van der Waals surface area contributed by atoms with E-state index in [1.54, 1.807) is 7.11 Å². The van der Waals surface area contributed by atoms with Gasteiger partial charge in [-0.1, -0.05) is 65.7 Å². The number of methoxy groups -OCH3 is 1. The van der Waals surface area contributed by atoms with Crippen LogP contribution >= 0.6 is 15.9 Å². The highest BCUT2D eigenvalue weighted by Gasteiger charge is 2.28. The van der Waals surface area contributed by atoms with Gasteiger partial charge in [-0.25, -0.2) is 4.98 Å². The summed E-state index contributed by atoms with van der Waals surface area (Å²) in [7, 11) is 1.71. The van der Waals surface area contributed by atoms with Crippen molar-refractivity contribution < 1.29 is 27.8 Å². The summed E-state index contributed by atoms with van der Waals surface area (Å²) in [6.45, 7) is 2.96. The molecular weight excluding hydrogens is 477 g/mol. The van der Waals surface area contributed by atoms with Crippen LogP contribution in [0.15, 0.2) is 59.3 Å². The topological polar surface area (TPSA) is 67.2 Å². The van der Waals surface area contributed by atoms with Crippen molar-refractivity contribution >= 4 is 21.9 Å². The predicted octanol–water partition coefficient (Wildman–Crippen LogP) is 4.62. The quantitative estimate of drug-likeness (QED) is 0.498. The van der Waals surface area contributed by atoms with E-state index in [9.17, 15) is 13.2 Å². The number of nitrogens with zero attached hydrogens (tertiary/aromatic N) is 2. The number of rotatable bonds is 6. The minimum absolute atomic E-state index is 0.761. The Morgan fingerprint density at radius 2 is 1.77 bits per heavy atom. The summed E-state index contributed by atoms with van der Waals surface area (Å²) in [5, 5.41) is 8.78. The second-order valence-electron chi connectivity index (χ2n) is 6.49. The van der Waals surface area contributed by atoms with E-state index in [0.717, 1.165) is 46.4 Å². The molecule has 0 saturated heterocycles. The van der Waals surface area contributed by atoms with Crippen molar-refractivity contribution in [2.75, 3.05) is 7.11 Å². The van der Waals surface area contributed by atoms with E-state index in [2.05, 4.69) is 51.7 Å². The van der Waals surface area contributed by atoms with Gasteiger partial charge >= 0.3 is 6.18 Å². The fraction of sp³-hybridized carbons (Fsp3) is 0.273. The third kappa shape index (κ3) is 6.58. The fourth-order valence-corrected chi connectivity index (χ4v) is 3.41. The summed E-state index contributed by atoms with van der Waals surface area (Å²) in [5.74, 6) is -2.09. The molecule has 0 aliphatic rings. The third-order valence-electron chi connectivity index (χ3n) is 4.33. The molecule has 9 heteroatoms. The zero-order chi connectivity index (χ0) is 23.0. The van der Waals surface area contributed by atoms with Crippen LogP contribution in [0.2, 0.25) is 0 Å². The number of carboxylic acid groups (broad SMARTS) is 1. The number of aromatic nitrogens is 2. The van der Waals surface area contributed by atoms with Crippen LogP contribution in [0.4, 0.5) is 13.2 Å². The highest BCUT2D eigenvalue weighted by molar-refractivity contribution is 9.10. The fourth-order valence-electron chi connectivity index (χ4n) is 2.94. The number of aliphatic carboxylic acids is 1. The molecule has 1 aromatic heterocycles. The van der Waals surface area contributed by atoms with Crippen molar-refractivity contribution in [3.05, 3.63) is 70.6 Å². The summed E-state index contributed by atoms with van der Waals surface area (Å²) in [6, 6.07) is 16.4. The summed E-state index contributed by atoms with van der Waals surface area (Å²) in [4.78, 5) is 13.5. The summed E-state index contributed by atoms with van der Waals surface area (Å²) in [5.41, 5.74) is 4.61. The minimum Gasteiger partial charge on any atom is -0.542 e. The second-order valence-corrected chi connectivity index (χ2v) is 7.35. The maximum atomic E-state index is 10.5. The van der Waals surface area contributed by atoms with Crippen LogP contribution in [0.25, 0.3) is 11.3 Å². The lowest BCUT2D eigenvalue weighted by atomic mass is 10.1. The van der Waals surface area contributed by atoms with Crippen molar-refractivity contribution in [3.63, 3.8) is 0 Å². The van der Waals surface area contributed by atoms with Crippen LogP contribution < -0.4 is 9.84 Å². The Bertz CT molecular complexity index is 1020. The van der Waals surface area contributed by atoms with E-state index in [0.29, 0.717) is 0 Å². The van der Waals surface area contributed by atoms with Crippen LogP contribution in [0.5, 0.6) is 5.75 Å². The molecule has 0 saturated carbocycles. The molecule has 2 aromatic carbocycles. The molecule has 1 heterocycles. The van der Waals surface area contributed by atoms with Crippen LogP contribution in [-0.4, -0.2) is 28.8 Å². The maximum Gasteiger partial charge on any atom is 0.430 e. The molecule has 0 radical (unpaired) electrons. The number of hydrogen-bond acceptors (Lipinski definition) is 4. The van der Waals surface area contributed by atoms with Crippen LogP contribution in [0.3, 0.4) is 0 Å². The van der Waals surface area contributed by atoms with Gasteiger partial charge < -0.3 is 19.2 Å². The summed E-state index contributed by atoms with van der Waals surface area (Å²) < 4.78 is 40.3. The Labute approximate surface area is 186 Å². The number of para-hydroxylation sites is 1. The van der Waals surface area contributed by atoms with E-state index in [4.69, 9.17) is 19.6 Å². The normalized spacial score (nSPS) is 10.9. The van der Waals surface area contributed by atoms with Gasteiger partial charge in [0, 0.05) is 21.3 Å². The van der Waals surface area contributed by atoms with Crippen LogP contribution in [0, 0.1) is 0 Å². The van der Waals surface area contributed by atoms with Gasteiger partial charge in [-0.2, -0.15) is 13.2 Å². The number of benzene rings is 2. The lowest BCUT2D eigenvalue weighted by Crippen LogP contribution is -2.37. The Kier molecular flexibility index (Phi) is 8.67. The zero-order valence-electron chi connectivity index (χ0n) is 16.9. The first-order valence-corrected chi connectivity index (χ1v) is 10.2. The van der Waals surface area contributed by atoms with E-state index in [1.807, 2.05) is 30.6 Å². The lowest BCUT2D eigenvalue weighted by Gasteiger charge is -2.13. The average molecular weight is 498 g/mol. The van der Waals surface area contributed by atoms with Crippen LogP contribution in [-0.2, 0) is 17.8 Å². The number of alkyl halides is 3. The van der Waals surface area contributed by atoms with Crippen molar-refractivity contribution in [2.24, 2.45) is 0 Å². The van der Waals surface area contributed by atoms with Gasteiger partial charge in [0.1, 0.15) is 11.7 Å². The van der Waals surface area contributed by atoms with Crippen molar-refractivity contribution in [1.29, 1.82) is 0 Å². The number of carbonyl (C=O) groups excluding carboxylic acids is 1. The van der Waals surface area contributed by atoms with Gasteiger partial charge in [-0.3, -0.25) is 0 Å². The van der Waals surface area contributed by atoms with Crippen LogP contribution in [0.1, 0.15) is 24.6 Å². The van der Waals surface area contributed by atoms with Crippen molar-refractivity contribution in [3.8, 4) is 17.0 Å². The number of ether oxygens (including phenoxy) is 1. The Balaban J connectivity index is 0.000000423. The molecule has 0 aliphatic heterocycles. The Morgan fingerprint density at radius 1 is 1.16 bits per heavy atom. The first-order valence-electron chi connectivity index (χ1n) is 9.38. The molecular formula is C22H21BrF3N2O3-. The third-order valence-corrected chi connectivity index (χ3v) is 5.02. The van der Waals surface area contributed by atoms with E-state index >= 15 is 0 Å². The average Bonchev–Trinajstić information content (AvgIpc) is 3.11. The van der Waals surface area contributed by atoms with E-state index in [-0.39, 0.29) is 0 Å². The maximum absolute atomic E-state index is 10.5. The molecule has 0 bridgehead atoms. The molecule has 166 valence electrons. The molecule has 0 N–H and O–H groups in total. The number of carboxylic acids is 1. The monoisotopic (exact) mass is 497 g/mol. The van der Waals surface area contributed by atoms with Crippen molar-refractivity contribution in [1.82, 2.24) is 9.55 Å². The Morgan fingerprint density at radius 3 is 2.35 bits per heavy atom. The first-order chi connectivity index (χ1) is 14.7. The van der Waals surface area contributed by atoms with Gasteiger partial charge in [0.05, 0.1) is 25.7 Å². The lowest BCUT2D eigenvalue weighted by molar-refractivity contribution is -0.344. The molecule has 0 spiro atoms. The SMILES string of the molecule is CCCc1c(-c2ccccc2Br)ncn1Cc1ccccc1OC.O=C([O-])C(F)(F)F. The molecule has 5 nitrogen and oxygen atoms in total. The predicted molar refractivity (Wildman–Crippen MR) is 113 cm³/mol. The van der Waals surface area contributed by atoms with E-state index < -0.39 is 12.1 Å². The van der Waals surface area contributed by atoms with Gasteiger partial charge in [0.15, 0.2) is 0 Å². The molecule has 0 amide bonds. The summed E-state index contributed by atoms with van der Waals surface area (Å²) in [6.07, 6.45) is -1.19. The molecule has 3 rings (SSSR count). The largest absolute Gasteiger partial charge is 0.542 e. The number of imidazole rings is 1. The number of halogens is 4. The van der Waals surface area contributed by atoms with Gasteiger partial charge in [0.25, 0.3) is 0 Å². The second kappa shape index (κ2) is 11.0. The minimum atomic E-state index is -5.19. The van der Waals surface area contributed by atoms with Gasteiger partial charge in [-0.05, 0) is 18.6 Å². The molecule has 0 atom stereocenters. The number of hydrogen-bond donors (Lipinski definition) is 0. The standard InChI is InChI=1S/C20H21BrN2O.C2HF3O2/c1-3-8-18-20(16-10-5-6-11-17(16)21)22-14-23(18)13-15-9-4-7-12-19(15)24-2;3-2(4,5)1(6)7/h4-7,9-12,14H,3,8,13H2,1-2H3;(H,6,7)/p-1. The smallest absolute Gasteiger partial charge is 0.430 e. The first kappa shape index (κ1) is 24.5. The van der Waals surface area contributed by atoms with Gasteiger partial charge in [0.2, 0.25) is 0 Å². The number of carbonyl (C=O) groups is 1. The van der Waals surface area contributed by atoms with Gasteiger partial charge in [-0.15, -0.1) is 0 Å².